The summed E-state index contributed by atoms with van der Waals surface area (Å²) < 4.78 is 2.15. The van der Waals surface area contributed by atoms with Gasteiger partial charge in [-0.2, -0.15) is 0 Å². The third-order valence-electron chi connectivity index (χ3n) is 6.13. The first-order chi connectivity index (χ1) is 14.7. The average molecular weight is 438 g/mol. The number of fused-ring (bicyclic) bond motifs is 1. The maximum absolute atomic E-state index is 13.6. The Kier molecular flexibility index (Phi) is 5.69. The molecule has 31 heavy (non-hydrogen) atoms. The molecular weight excluding hydrogens is 406 g/mol. The van der Waals surface area contributed by atoms with Gasteiger partial charge in [-0.3, -0.25) is 9.59 Å². The number of carbonyl (C=O) groups excluding carboxylic acids is 2. The summed E-state index contributed by atoms with van der Waals surface area (Å²) in [5, 5.41) is 3.18. The number of amides is 2. The van der Waals surface area contributed by atoms with Gasteiger partial charge >= 0.3 is 0 Å². The molecule has 0 radical (unpaired) electrons. The highest BCUT2D eigenvalue weighted by Crippen LogP contribution is 2.29. The van der Waals surface area contributed by atoms with Crippen LogP contribution < -0.4 is 0 Å². The summed E-state index contributed by atoms with van der Waals surface area (Å²) in [5.74, 6) is 0.197. The number of benzene rings is 1. The quantitative estimate of drug-likeness (QED) is 0.592. The van der Waals surface area contributed by atoms with Crippen LogP contribution in [-0.2, 0) is 11.3 Å². The van der Waals surface area contributed by atoms with Crippen LogP contribution in [0, 0.1) is 12.3 Å². The Morgan fingerprint density at radius 1 is 1.13 bits per heavy atom. The zero-order valence-electron chi connectivity index (χ0n) is 19.0. The number of rotatable bonds is 3. The molecule has 0 N–H and O–H groups in total. The fourth-order valence-electron chi connectivity index (χ4n) is 4.30. The van der Waals surface area contributed by atoms with Crippen molar-refractivity contribution in [1.29, 1.82) is 0 Å². The van der Waals surface area contributed by atoms with Crippen molar-refractivity contribution in [2.75, 3.05) is 19.6 Å². The number of aromatic nitrogens is 1. The fraction of sp³-hybridized carbons (Fsp3) is 0.440. The van der Waals surface area contributed by atoms with Gasteiger partial charge in [0.05, 0.1) is 0 Å². The van der Waals surface area contributed by atoms with Crippen LogP contribution in [-0.4, -0.2) is 51.9 Å². The van der Waals surface area contributed by atoms with Gasteiger partial charge in [0.25, 0.3) is 5.91 Å². The van der Waals surface area contributed by atoms with Crippen molar-refractivity contribution >= 4 is 33.4 Å². The topological polar surface area (TPSA) is 45.6 Å². The summed E-state index contributed by atoms with van der Waals surface area (Å²) in [7, 11) is 0. The molecule has 1 fully saturated rings. The molecule has 1 saturated heterocycles. The zero-order valence-corrected chi connectivity index (χ0v) is 19.8. The molecule has 164 valence electrons. The van der Waals surface area contributed by atoms with Crippen molar-refractivity contribution in [2.24, 2.45) is 5.41 Å². The number of nitrogens with zero attached hydrogens (tertiary/aromatic N) is 3. The lowest BCUT2D eigenvalue weighted by Crippen LogP contribution is -2.57. The van der Waals surface area contributed by atoms with E-state index in [2.05, 4.69) is 35.1 Å². The number of carbonyl (C=O) groups is 2. The molecule has 1 unspecified atom stereocenters. The number of thiophene rings is 1. The second-order valence-electron chi connectivity index (χ2n) is 9.57. The molecule has 1 atom stereocenters. The number of hydrogen-bond acceptors (Lipinski definition) is 3. The molecule has 6 heteroatoms. The Morgan fingerprint density at radius 3 is 2.55 bits per heavy atom. The van der Waals surface area contributed by atoms with Crippen LogP contribution in [0.4, 0.5) is 0 Å². The normalized spacial score (nSPS) is 17.4. The van der Waals surface area contributed by atoms with E-state index in [0.717, 1.165) is 15.9 Å². The van der Waals surface area contributed by atoms with Gasteiger partial charge in [0.15, 0.2) is 0 Å². The summed E-state index contributed by atoms with van der Waals surface area (Å²) in [6, 6.07) is 12.4. The molecule has 2 amide bonds. The van der Waals surface area contributed by atoms with Crippen molar-refractivity contribution in [2.45, 2.75) is 47.2 Å². The van der Waals surface area contributed by atoms with Gasteiger partial charge in [-0.25, -0.2) is 0 Å². The van der Waals surface area contributed by atoms with Crippen molar-refractivity contribution in [1.82, 2.24) is 14.4 Å². The highest BCUT2D eigenvalue weighted by Gasteiger charge is 2.35. The number of aryl methyl sites for hydroxylation is 1. The largest absolute Gasteiger partial charge is 0.336 e. The van der Waals surface area contributed by atoms with Gasteiger partial charge in [0.2, 0.25) is 5.91 Å². The Morgan fingerprint density at radius 2 is 1.87 bits per heavy atom. The lowest BCUT2D eigenvalue weighted by molar-refractivity contribution is -0.143. The highest BCUT2D eigenvalue weighted by molar-refractivity contribution is 7.16. The van der Waals surface area contributed by atoms with E-state index in [1.807, 2.05) is 55.7 Å². The van der Waals surface area contributed by atoms with E-state index in [0.29, 0.717) is 26.2 Å². The molecule has 0 bridgehead atoms. The molecule has 0 spiro atoms. The minimum atomic E-state index is -0.410. The zero-order chi connectivity index (χ0) is 22.3. The van der Waals surface area contributed by atoms with Crippen LogP contribution >= 0.6 is 11.3 Å². The smallest absolute Gasteiger partial charge is 0.270 e. The van der Waals surface area contributed by atoms with Gasteiger partial charge in [-0.15, -0.1) is 11.3 Å². The van der Waals surface area contributed by atoms with E-state index < -0.39 is 5.41 Å². The van der Waals surface area contributed by atoms with Gasteiger partial charge in [0.1, 0.15) is 10.5 Å². The Bertz CT molecular complexity index is 1120. The van der Waals surface area contributed by atoms with Crippen molar-refractivity contribution in [3.8, 4) is 0 Å². The first-order valence-electron chi connectivity index (χ1n) is 10.9. The van der Waals surface area contributed by atoms with Crippen LogP contribution in [0.25, 0.3) is 10.2 Å². The number of piperazine rings is 1. The Hall–Kier alpha value is -2.60. The van der Waals surface area contributed by atoms with Gasteiger partial charge in [-0.1, -0.05) is 45.0 Å². The van der Waals surface area contributed by atoms with Gasteiger partial charge in [-0.05, 0) is 42.5 Å². The van der Waals surface area contributed by atoms with Gasteiger partial charge < -0.3 is 14.4 Å². The maximum Gasteiger partial charge on any atom is 0.270 e. The summed E-state index contributed by atoms with van der Waals surface area (Å²) >= 11 is 1.67. The van der Waals surface area contributed by atoms with Crippen LogP contribution in [0.2, 0.25) is 0 Å². The predicted molar refractivity (Wildman–Crippen MR) is 127 cm³/mol. The molecule has 1 aliphatic heterocycles. The average Bonchev–Trinajstić information content (AvgIpc) is 3.30. The second-order valence-corrected chi connectivity index (χ2v) is 10.5. The van der Waals surface area contributed by atoms with E-state index in [4.69, 9.17) is 0 Å². The predicted octanol–water partition coefficient (Wildman–Crippen LogP) is 4.78. The van der Waals surface area contributed by atoms with Crippen LogP contribution in [0.5, 0.6) is 0 Å². The SMILES string of the molecule is Cc1ccccc1Cn1c(C(=O)N2CCN(C(=O)C(C)(C)C)C(C)C2)cc2ccsc21. The van der Waals surface area contributed by atoms with E-state index in [1.54, 1.807) is 11.3 Å². The van der Waals surface area contributed by atoms with Crippen molar-refractivity contribution < 1.29 is 9.59 Å². The van der Waals surface area contributed by atoms with E-state index in [1.165, 1.54) is 11.1 Å². The fourth-order valence-corrected chi connectivity index (χ4v) is 5.20. The lowest BCUT2D eigenvalue weighted by Gasteiger charge is -2.42. The number of hydrogen-bond donors (Lipinski definition) is 0. The van der Waals surface area contributed by atoms with Crippen molar-refractivity contribution in [3.63, 3.8) is 0 Å². The van der Waals surface area contributed by atoms with Crippen molar-refractivity contribution in [3.05, 3.63) is 58.6 Å². The molecule has 1 aliphatic rings. The molecule has 0 aliphatic carbocycles. The second kappa shape index (κ2) is 8.15. The molecule has 3 aromatic rings. The van der Waals surface area contributed by atoms with Crippen LogP contribution in [0.15, 0.2) is 41.8 Å². The highest BCUT2D eigenvalue weighted by atomic mass is 32.1. The molecule has 4 rings (SSSR count). The Labute approximate surface area is 188 Å². The molecule has 1 aromatic carbocycles. The molecule has 2 aromatic heterocycles. The first-order valence-corrected chi connectivity index (χ1v) is 11.8. The van der Waals surface area contributed by atoms with Crippen LogP contribution in [0.1, 0.15) is 49.3 Å². The molecular formula is C25H31N3O2S. The van der Waals surface area contributed by atoms with E-state index >= 15 is 0 Å². The minimum absolute atomic E-state index is 0.00493. The Balaban J connectivity index is 1.60. The molecule has 3 heterocycles. The molecule has 0 saturated carbocycles. The standard InChI is InChI=1S/C25H31N3O2S/c1-17-8-6-7-9-20(17)16-28-21(14-19-10-13-31-23(19)28)22(29)26-11-12-27(18(2)15-26)24(30)25(3,4)5/h6-10,13-14,18H,11-12,15-16H2,1-5H3. The monoisotopic (exact) mass is 437 g/mol. The summed E-state index contributed by atoms with van der Waals surface area (Å²) in [5.41, 5.74) is 2.76. The summed E-state index contributed by atoms with van der Waals surface area (Å²) in [6.07, 6.45) is 0. The molecule has 5 nitrogen and oxygen atoms in total. The summed E-state index contributed by atoms with van der Waals surface area (Å²) in [4.78, 5) is 31.3. The van der Waals surface area contributed by atoms with Gasteiger partial charge in [0, 0.05) is 43.0 Å². The lowest BCUT2D eigenvalue weighted by atomic mass is 9.93. The summed E-state index contributed by atoms with van der Waals surface area (Å²) in [6.45, 7) is 12.4. The minimum Gasteiger partial charge on any atom is -0.336 e. The third kappa shape index (κ3) is 4.13. The third-order valence-corrected chi connectivity index (χ3v) is 7.08. The maximum atomic E-state index is 13.6. The van der Waals surface area contributed by atoms with E-state index in [-0.39, 0.29) is 17.9 Å². The van der Waals surface area contributed by atoms with E-state index in [9.17, 15) is 9.59 Å². The van der Waals surface area contributed by atoms with Crippen LogP contribution in [0.3, 0.4) is 0 Å². The first kappa shape index (κ1) is 21.6.